The van der Waals surface area contributed by atoms with Crippen LogP contribution in [0.25, 0.3) is 0 Å². The van der Waals surface area contributed by atoms with Crippen LogP contribution in [-0.4, -0.2) is 24.5 Å². The van der Waals surface area contributed by atoms with Crippen molar-refractivity contribution in [1.82, 2.24) is 10.3 Å². The maximum atomic E-state index is 12.4. The van der Waals surface area contributed by atoms with Crippen LogP contribution in [0.5, 0.6) is 5.75 Å². The second kappa shape index (κ2) is 9.04. The maximum Gasteiger partial charge on any atom is 0.269 e. The number of rotatable bonds is 7. The van der Waals surface area contributed by atoms with Gasteiger partial charge < -0.3 is 15.4 Å². The smallest absolute Gasteiger partial charge is 0.269 e. The van der Waals surface area contributed by atoms with E-state index in [1.807, 2.05) is 36.4 Å². The zero-order valence-electron chi connectivity index (χ0n) is 16.5. The summed E-state index contributed by atoms with van der Waals surface area (Å²) in [5.74, 6) is 0.642. The van der Waals surface area contributed by atoms with Crippen LogP contribution in [-0.2, 0) is 6.42 Å². The van der Waals surface area contributed by atoms with Gasteiger partial charge in [-0.2, -0.15) is 0 Å². The van der Waals surface area contributed by atoms with Crippen LogP contribution in [0.15, 0.2) is 60.8 Å². The van der Waals surface area contributed by atoms with Crippen LogP contribution in [0.4, 0.5) is 11.4 Å². The minimum Gasteiger partial charge on any atom is -0.497 e. The summed E-state index contributed by atoms with van der Waals surface area (Å²) in [6, 6.07) is 17.7. The van der Waals surface area contributed by atoms with Crippen LogP contribution >= 0.6 is 0 Å². The van der Waals surface area contributed by atoms with Crippen molar-refractivity contribution in [2.24, 2.45) is 0 Å². The first-order valence-corrected chi connectivity index (χ1v) is 9.26. The number of aromatic nitrogens is 1. The molecule has 5 nitrogen and oxygen atoms in total. The zero-order valence-corrected chi connectivity index (χ0v) is 16.5. The average Bonchev–Trinajstić information content (AvgIpc) is 2.71. The van der Waals surface area contributed by atoms with E-state index in [4.69, 9.17) is 4.74 Å². The van der Waals surface area contributed by atoms with Crippen LogP contribution in [0.1, 0.15) is 27.2 Å². The third kappa shape index (κ3) is 5.10. The first-order valence-electron chi connectivity index (χ1n) is 9.26. The highest BCUT2D eigenvalue weighted by atomic mass is 16.5. The normalized spacial score (nSPS) is 10.4. The highest BCUT2D eigenvalue weighted by Gasteiger charge is 2.08. The SMILES string of the molecule is COc1ccc(CCNC(=O)c2cc(Nc3ccc(C)cc3C)ccn2)cc1. The number of carbonyl (C=O) groups excluding carboxylic acids is 1. The lowest BCUT2D eigenvalue weighted by Crippen LogP contribution is -2.26. The number of hydrogen-bond donors (Lipinski definition) is 2. The van der Waals surface area contributed by atoms with Gasteiger partial charge in [-0.3, -0.25) is 9.78 Å². The Kier molecular flexibility index (Phi) is 6.27. The van der Waals surface area contributed by atoms with E-state index in [0.29, 0.717) is 12.2 Å². The monoisotopic (exact) mass is 375 g/mol. The van der Waals surface area contributed by atoms with Gasteiger partial charge >= 0.3 is 0 Å². The summed E-state index contributed by atoms with van der Waals surface area (Å²) in [5, 5.41) is 6.28. The Morgan fingerprint density at radius 3 is 2.54 bits per heavy atom. The number of anilines is 2. The molecular weight excluding hydrogens is 350 g/mol. The van der Waals surface area contributed by atoms with Crippen molar-refractivity contribution in [2.45, 2.75) is 20.3 Å². The molecule has 5 heteroatoms. The molecule has 2 N–H and O–H groups in total. The van der Waals surface area contributed by atoms with E-state index in [9.17, 15) is 4.79 Å². The lowest BCUT2D eigenvalue weighted by atomic mass is 10.1. The number of methoxy groups -OCH3 is 1. The number of ether oxygens (including phenoxy) is 1. The molecule has 0 fully saturated rings. The summed E-state index contributed by atoms with van der Waals surface area (Å²) in [6.07, 6.45) is 2.39. The Morgan fingerprint density at radius 1 is 1.04 bits per heavy atom. The molecule has 0 saturated heterocycles. The number of carbonyl (C=O) groups is 1. The number of nitrogens with zero attached hydrogens (tertiary/aromatic N) is 1. The third-order valence-electron chi connectivity index (χ3n) is 4.51. The van der Waals surface area contributed by atoms with E-state index in [1.54, 1.807) is 19.4 Å². The summed E-state index contributed by atoms with van der Waals surface area (Å²) in [6.45, 7) is 4.67. The highest BCUT2D eigenvalue weighted by Crippen LogP contribution is 2.21. The number of hydrogen-bond acceptors (Lipinski definition) is 4. The molecule has 144 valence electrons. The molecule has 1 aromatic heterocycles. The van der Waals surface area contributed by atoms with Crippen molar-refractivity contribution >= 4 is 17.3 Å². The molecule has 0 aliphatic rings. The number of amides is 1. The quantitative estimate of drug-likeness (QED) is 0.641. The molecular formula is C23H25N3O2. The first kappa shape index (κ1) is 19.4. The van der Waals surface area contributed by atoms with Crippen molar-refractivity contribution in [3.05, 3.63) is 83.2 Å². The van der Waals surface area contributed by atoms with Gasteiger partial charge in [0.2, 0.25) is 0 Å². The second-order valence-electron chi connectivity index (χ2n) is 6.73. The maximum absolute atomic E-state index is 12.4. The Bertz CT molecular complexity index is 952. The lowest BCUT2D eigenvalue weighted by Gasteiger charge is -2.11. The van der Waals surface area contributed by atoms with Gasteiger partial charge in [0.1, 0.15) is 11.4 Å². The minimum absolute atomic E-state index is 0.183. The highest BCUT2D eigenvalue weighted by molar-refractivity contribution is 5.93. The van der Waals surface area contributed by atoms with Crippen LogP contribution in [0.3, 0.4) is 0 Å². The topological polar surface area (TPSA) is 63.2 Å². The van der Waals surface area contributed by atoms with Gasteiger partial charge in [0.05, 0.1) is 7.11 Å². The minimum atomic E-state index is -0.183. The summed E-state index contributed by atoms with van der Waals surface area (Å²) in [7, 11) is 1.64. The fourth-order valence-electron chi connectivity index (χ4n) is 2.94. The van der Waals surface area contributed by atoms with E-state index in [-0.39, 0.29) is 5.91 Å². The molecule has 2 aromatic carbocycles. The standard InChI is InChI=1S/C23H25N3O2/c1-16-4-9-21(17(2)14-16)26-19-11-13-24-22(15-19)23(27)25-12-10-18-5-7-20(28-3)8-6-18/h4-9,11,13-15H,10,12H2,1-3H3,(H,24,26)(H,25,27). The van der Waals surface area contributed by atoms with E-state index in [1.165, 1.54) is 5.56 Å². The number of nitrogens with one attached hydrogen (secondary N) is 2. The van der Waals surface area contributed by atoms with Crippen molar-refractivity contribution < 1.29 is 9.53 Å². The predicted molar refractivity (Wildman–Crippen MR) is 112 cm³/mol. The number of aryl methyl sites for hydroxylation is 2. The van der Waals surface area contributed by atoms with E-state index < -0.39 is 0 Å². The van der Waals surface area contributed by atoms with Gasteiger partial charge in [0, 0.05) is 24.1 Å². The Labute approximate surface area is 165 Å². The van der Waals surface area contributed by atoms with Crippen LogP contribution in [0, 0.1) is 13.8 Å². The molecule has 1 heterocycles. The van der Waals surface area contributed by atoms with E-state index in [0.717, 1.165) is 34.7 Å². The molecule has 0 radical (unpaired) electrons. The largest absolute Gasteiger partial charge is 0.497 e. The molecule has 0 spiro atoms. The molecule has 0 saturated carbocycles. The van der Waals surface area contributed by atoms with Gasteiger partial charge in [-0.25, -0.2) is 0 Å². The van der Waals surface area contributed by atoms with Crippen LogP contribution < -0.4 is 15.4 Å². The average molecular weight is 375 g/mol. The number of benzene rings is 2. The predicted octanol–water partition coefficient (Wildman–Crippen LogP) is 4.42. The molecule has 28 heavy (non-hydrogen) atoms. The van der Waals surface area contributed by atoms with E-state index >= 15 is 0 Å². The summed E-state index contributed by atoms with van der Waals surface area (Å²) >= 11 is 0. The van der Waals surface area contributed by atoms with Crippen molar-refractivity contribution in [2.75, 3.05) is 19.0 Å². The molecule has 1 amide bonds. The Hall–Kier alpha value is -3.34. The second-order valence-corrected chi connectivity index (χ2v) is 6.73. The summed E-state index contributed by atoms with van der Waals surface area (Å²) < 4.78 is 5.15. The Morgan fingerprint density at radius 2 is 1.82 bits per heavy atom. The molecule has 3 aromatic rings. The van der Waals surface area contributed by atoms with Crippen molar-refractivity contribution in [1.29, 1.82) is 0 Å². The van der Waals surface area contributed by atoms with Crippen molar-refractivity contribution in [3.8, 4) is 5.75 Å². The fraction of sp³-hybridized carbons (Fsp3) is 0.217. The fourth-order valence-corrected chi connectivity index (χ4v) is 2.94. The van der Waals surface area contributed by atoms with E-state index in [2.05, 4.69) is 41.6 Å². The summed E-state index contributed by atoms with van der Waals surface area (Å²) in [4.78, 5) is 16.6. The van der Waals surface area contributed by atoms with Gasteiger partial charge in [-0.15, -0.1) is 0 Å². The molecule has 0 unspecified atom stereocenters. The number of pyridine rings is 1. The lowest BCUT2D eigenvalue weighted by molar-refractivity contribution is 0.0949. The molecule has 0 atom stereocenters. The summed E-state index contributed by atoms with van der Waals surface area (Å²) in [5.41, 5.74) is 5.76. The van der Waals surface area contributed by atoms with Gasteiger partial charge in [0.15, 0.2) is 0 Å². The van der Waals surface area contributed by atoms with Gasteiger partial charge in [-0.1, -0.05) is 29.8 Å². The van der Waals surface area contributed by atoms with Crippen LogP contribution in [0.2, 0.25) is 0 Å². The molecule has 0 aliphatic carbocycles. The molecule has 3 rings (SSSR count). The van der Waals surface area contributed by atoms with Crippen molar-refractivity contribution in [3.63, 3.8) is 0 Å². The third-order valence-corrected chi connectivity index (χ3v) is 4.51. The van der Waals surface area contributed by atoms with Gasteiger partial charge in [0.25, 0.3) is 5.91 Å². The molecule has 0 bridgehead atoms. The molecule has 0 aliphatic heterocycles. The van der Waals surface area contributed by atoms with Gasteiger partial charge in [-0.05, 0) is 61.7 Å². The Balaban J connectivity index is 1.58. The first-order chi connectivity index (χ1) is 13.5. The zero-order chi connectivity index (χ0) is 19.9.